The Morgan fingerprint density at radius 3 is 2.44 bits per heavy atom. The van der Waals surface area contributed by atoms with Gasteiger partial charge in [0, 0.05) is 17.7 Å². The molecule has 0 radical (unpaired) electrons. The van der Waals surface area contributed by atoms with Crippen molar-refractivity contribution in [3.05, 3.63) is 29.8 Å². The van der Waals surface area contributed by atoms with E-state index in [2.05, 4.69) is 10.2 Å². The normalized spacial score (nSPS) is 10.4. The van der Waals surface area contributed by atoms with Crippen LogP contribution in [0.25, 0.3) is 0 Å². The number of nitrogens with two attached hydrogens (primary N) is 1. The largest absolute Gasteiger partial charge is 0.389 e. The highest BCUT2D eigenvalue weighted by molar-refractivity contribution is 7.80. The zero-order valence-electron chi connectivity index (χ0n) is 10.8. The molecule has 5 heteroatoms. The van der Waals surface area contributed by atoms with Crippen LogP contribution in [-0.4, -0.2) is 36.4 Å². The van der Waals surface area contributed by atoms with Gasteiger partial charge < -0.3 is 16.0 Å². The highest BCUT2D eigenvalue weighted by atomic mass is 32.1. The Morgan fingerprint density at radius 1 is 1.33 bits per heavy atom. The maximum absolute atomic E-state index is 11.6. The van der Waals surface area contributed by atoms with Crippen molar-refractivity contribution in [2.75, 3.05) is 26.0 Å². The summed E-state index contributed by atoms with van der Waals surface area (Å²) in [5.41, 5.74) is 7.07. The van der Waals surface area contributed by atoms with Crippen LogP contribution in [0.15, 0.2) is 24.3 Å². The van der Waals surface area contributed by atoms with E-state index in [1.165, 1.54) is 0 Å². The topological polar surface area (TPSA) is 58.4 Å². The average molecular weight is 265 g/mol. The van der Waals surface area contributed by atoms with Crippen LogP contribution in [0.2, 0.25) is 0 Å². The number of rotatable bonds is 6. The summed E-state index contributed by atoms with van der Waals surface area (Å²) < 4.78 is 0. The molecule has 0 saturated heterocycles. The second-order valence-electron chi connectivity index (χ2n) is 4.40. The molecule has 0 aliphatic heterocycles. The van der Waals surface area contributed by atoms with E-state index >= 15 is 0 Å². The van der Waals surface area contributed by atoms with Gasteiger partial charge in [-0.3, -0.25) is 4.79 Å². The SMILES string of the molecule is CN(C)CCCC(=O)Nc1ccc(C(N)=S)cc1. The summed E-state index contributed by atoms with van der Waals surface area (Å²) in [5, 5.41) is 2.84. The average Bonchev–Trinajstić information content (AvgIpc) is 2.29. The number of nitrogens with one attached hydrogen (secondary N) is 1. The molecule has 1 amide bonds. The van der Waals surface area contributed by atoms with Gasteiger partial charge in [0.15, 0.2) is 0 Å². The Labute approximate surface area is 113 Å². The molecule has 98 valence electrons. The lowest BCUT2D eigenvalue weighted by molar-refractivity contribution is -0.116. The number of carbonyl (C=O) groups is 1. The standard InChI is InChI=1S/C13H19N3OS/c1-16(2)9-3-4-12(17)15-11-7-5-10(6-8-11)13(14)18/h5-8H,3-4,9H2,1-2H3,(H2,14,18)(H,15,17). The predicted molar refractivity (Wildman–Crippen MR) is 78.7 cm³/mol. The highest BCUT2D eigenvalue weighted by Gasteiger charge is 2.03. The van der Waals surface area contributed by atoms with Crippen molar-refractivity contribution in [3.63, 3.8) is 0 Å². The van der Waals surface area contributed by atoms with E-state index in [-0.39, 0.29) is 5.91 Å². The van der Waals surface area contributed by atoms with E-state index in [1.54, 1.807) is 24.3 Å². The van der Waals surface area contributed by atoms with Crippen molar-refractivity contribution in [3.8, 4) is 0 Å². The molecule has 3 N–H and O–H groups in total. The fraction of sp³-hybridized carbons (Fsp3) is 0.385. The zero-order valence-corrected chi connectivity index (χ0v) is 11.6. The van der Waals surface area contributed by atoms with Crippen LogP contribution in [0.4, 0.5) is 5.69 Å². The first-order chi connectivity index (χ1) is 8.49. The minimum absolute atomic E-state index is 0.0277. The lowest BCUT2D eigenvalue weighted by Gasteiger charge is -2.09. The zero-order chi connectivity index (χ0) is 13.5. The van der Waals surface area contributed by atoms with Crippen LogP contribution >= 0.6 is 12.2 Å². The van der Waals surface area contributed by atoms with Gasteiger partial charge in [0.2, 0.25) is 5.91 Å². The van der Waals surface area contributed by atoms with E-state index in [4.69, 9.17) is 18.0 Å². The minimum Gasteiger partial charge on any atom is -0.389 e. The first-order valence-corrected chi connectivity index (χ1v) is 6.24. The summed E-state index contributed by atoms with van der Waals surface area (Å²) in [5.74, 6) is 0.0277. The number of nitrogens with zero attached hydrogens (tertiary/aromatic N) is 1. The molecule has 1 aromatic carbocycles. The molecular formula is C13H19N3OS. The van der Waals surface area contributed by atoms with Gasteiger partial charge in [0.05, 0.1) is 0 Å². The Hall–Kier alpha value is -1.46. The summed E-state index contributed by atoms with van der Waals surface area (Å²) in [6.07, 6.45) is 1.37. The first-order valence-electron chi connectivity index (χ1n) is 5.83. The monoisotopic (exact) mass is 265 g/mol. The van der Waals surface area contributed by atoms with E-state index < -0.39 is 0 Å². The Kier molecular flexibility index (Phi) is 5.74. The third-order valence-electron chi connectivity index (χ3n) is 2.46. The third-order valence-corrected chi connectivity index (χ3v) is 2.70. The summed E-state index contributed by atoms with van der Waals surface area (Å²) in [4.78, 5) is 14.1. The Morgan fingerprint density at radius 2 is 1.94 bits per heavy atom. The van der Waals surface area contributed by atoms with E-state index in [0.29, 0.717) is 11.4 Å². The number of benzene rings is 1. The maximum Gasteiger partial charge on any atom is 0.224 e. The van der Waals surface area contributed by atoms with E-state index in [9.17, 15) is 4.79 Å². The summed E-state index contributed by atoms with van der Waals surface area (Å²) >= 11 is 4.86. The van der Waals surface area contributed by atoms with Crippen LogP contribution in [0, 0.1) is 0 Å². The van der Waals surface area contributed by atoms with Crippen LogP contribution in [0.3, 0.4) is 0 Å². The molecule has 18 heavy (non-hydrogen) atoms. The van der Waals surface area contributed by atoms with Crippen LogP contribution in [0.5, 0.6) is 0 Å². The number of anilines is 1. The highest BCUT2D eigenvalue weighted by Crippen LogP contribution is 2.10. The number of amides is 1. The van der Waals surface area contributed by atoms with Crippen molar-refractivity contribution in [2.45, 2.75) is 12.8 Å². The maximum atomic E-state index is 11.6. The molecule has 4 nitrogen and oxygen atoms in total. The molecule has 0 unspecified atom stereocenters. The van der Waals surface area contributed by atoms with Crippen molar-refractivity contribution >= 4 is 28.8 Å². The molecule has 0 fully saturated rings. The molecule has 0 spiro atoms. The molecule has 0 saturated carbocycles. The van der Waals surface area contributed by atoms with Gasteiger partial charge in [-0.15, -0.1) is 0 Å². The van der Waals surface area contributed by atoms with Crippen molar-refractivity contribution in [1.29, 1.82) is 0 Å². The van der Waals surface area contributed by atoms with Crippen molar-refractivity contribution in [2.24, 2.45) is 5.73 Å². The number of hydrogen-bond acceptors (Lipinski definition) is 3. The number of carbonyl (C=O) groups excluding carboxylic acids is 1. The summed E-state index contributed by atoms with van der Waals surface area (Å²) in [6, 6.07) is 7.21. The summed E-state index contributed by atoms with van der Waals surface area (Å²) in [7, 11) is 3.98. The molecule has 0 aromatic heterocycles. The smallest absolute Gasteiger partial charge is 0.224 e. The van der Waals surface area contributed by atoms with Crippen LogP contribution in [0.1, 0.15) is 18.4 Å². The lowest BCUT2D eigenvalue weighted by atomic mass is 10.2. The third kappa shape index (κ3) is 5.25. The van der Waals surface area contributed by atoms with Gasteiger partial charge in [-0.25, -0.2) is 0 Å². The first kappa shape index (κ1) is 14.6. The van der Waals surface area contributed by atoms with Crippen LogP contribution in [-0.2, 0) is 4.79 Å². The van der Waals surface area contributed by atoms with Gasteiger partial charge in [0.25, 0.3) is 0 Å². The predicted octanol–water partition coefficient (Wildman–Crippen LogP) is 1.60. The van der Waals surface area contributed by atoms with Crippen molar-refractivity contribution < 1.29 is 4.79 Å². The molecule has 1 rings (SSSR count). The second-order valence-corrected chi connectivity index (χ2v) is 4.84. The summed E-state index contributed by atoms with van der Waals surface area (Å²) in [6.45, 7) is 0.911. The molecule has 0 heterocycles. The van der Waals surface area contributed by atoms with Gasteiger partial charge >= 0.3 is 0 Å². The van der Waals surface area contributed by atoms with Gasteiger partial charge in [-0.2, -0.15) is 0 Å². The Bertz CT molecular complexity index is 415. The number of hydrogen-bond donors (Lipinski definition) is 2. The van der Waals surface area contributed by atoms with E-state index in [1.807, 2.05) is 14.1 Å². The fourth-order valence-corrected chi connectivity index (χ4v) is 1.63. The molecule has 1 aromatic rings. The lowest BCUT2D eigenvalue weighted by Crippen LogP contribution is -2.17. The number of thiocarbonyl (C=S) groups is 1. The molecule has 0 aliphatic carbocycles. The quantitative estimate of drug-likeness (QED) is 0.767. The molecule has 0 aliphatic rings. The minimum atomic E-state index is 0.0277. The Balaban J connectivity index is 2.42. The van der Waals surface area contributed by atoms with Gasteiger partial charge in [-0.1, -0.05) is 12.2 Å². The van der Waals surface area contributed by atoms with E-state index in [0.717, 1.165) is 24.2 Å². The van der Waals surface area contributed by atoms with Crippen LogP contribution < -0.4 is 11.1 Å². The van der Waals surface area contributed by atoms with Gasteiger partial charge in [0.1, 0.15) is 4.99 Å². The second kappa shape index (κ2) is 7.08. The van der Waals surface area contributed by atoms with Crippen molar-refractivity contribution in [1.82, 2.24) is 4.90 Å². The van der Waals surface area contributed by atoms with Gasteiger partial charge in [-0.05, 0) is 51.3 Å². The molecule has 0 atom stereocenters. The molecular weight excluding hydrogens is 246 g/mol. The molecule has 0 bridgehead atoms. The fourth-order valence-electron chi connectivity index (χ4n) is 1.50.